The summed E-state index contributed by atoms with van der Waals surface area (Å²) >= 11 is 0. The first kappa shape index (κ1) is 21.5. The summed E-state index contributed by atoms with van der Waals surface area (Å²) in [5, 5.41) is 0. The molecule has 0 aromatic carbocycles. The van der Waals surface area contributed by atoms with Crippen molar-refractivity contribution < 1.29 is 18.6 Å². The maximum absolute atomic E-state index is 5.70. The second kappa shape index (κ2) is 6.64. The first-order chi connectivity index (χ1) is 10.5. The number of hydrogen-bond donors (Lipinski definition) is 0. The Balaban J connectivity index is 0.000000240. The van der Waals surface area contributed by atoms with Gasteiger partial charge in [-0.1, -0.05) is 10.9 Å². The molecule has 0 saturated carbocycles. The highest BCUT2D eigenvalue weighted by Crippen LogP contribution is 2.38. The molecule has 0 atom stereocenters. The summed E-state index contributed by atoms with van der Waals surface area (Å²) in [5.41, 5.74) is 0.891. The van der Waals surface area contributed by atoms with Crippen LogP contribution < -0.4 is 0 Å². The third-order valence-electron chi connectivity index (χ3n) is 5.31. The second-order valence-corrected chi connectivity index (χ2v) is 8.87. The van der Waals surface area contributed by atoms with Crippen LogP contribution in [-0.4, -0.2) is 36.6 Å². The lowest BCUT2D eigenvalue weighted by Gasteiger charge is -2.32. The van der Waals surface area contributed by atoms with E-state index in [2.05, 4.69) is 13.2 Å². The van der Waals surface area contributed by atoms with Gasteiger partial charge in [-0.3, -0.25) is 0 Å². The Morgan fingerprint density at radius 1 is 0.542 bits per heavy atom. The molecule has 0 aromatic heterocycles. The molecule has 0 spiro atoms. The van der Waals surface area contributed by atoms with Gasteiger partial charge < -0.3 is 18.6 Å². The first-order valence-corrected chi connectivity index (χ1v) is 8.54. The van der Waals surface area contributed by atoms with Crippen LogP contribution in [0.15, 0.2) is 24.1 Å². The maximum atomic E-state index is 5.70. The van der Waals surface area contributed by atoms with Gasteiger partial charge in [-0.2, -0.15) is 0 Å². The smallest absolute Gasteiger partial charge is 0.400 e. The van der Waals surface area contributed by atoms with Crippen LogP contribution >= 0.6 is 0 Å². The summed E-state index contributed by atoms with van der Waals surface area (Å²) in [7, 11) is -0.481. The van der Waals surface area contributed by atoms with Crippen molar-refractivity contribution in [2.24, 2.45) is 0 Å². The summed E-state index contributed by atoms with van der Waals surface area (Å²) in [6, 6.07) is 0. The molecule has 0 radical (unpaired) electrons. The van der Waals surface area contributed by atoms with Crippen molar-refractivity contribution in [3.8, 4) is 0 Å². The van der Waals surface area contributed by atoms with Crippen LogP contribution in [0.1, 0.15) is 69.2 Å². The van der Waals surface area contributed by atoms with Gasteiger partial charge in [0.05, 0.1) is 22.4 Å². The summed E-state index contributed by atoms with van der Waals surface area (Å²) in [5.74, 6) is 0. The third-order valence-corrected chi connectivity index (χ3v) is 5.31. The van der Waals surface area contributed by atoms with Crippen LogP contribution in [-0.2, 0) is 18.6 Å². The van der Waals surface area contributed by atoms with Gasteiger partial charge in [-0.05, 0) is 69.2 Å². The molecule has 24 heavy (non-hydrogen) atoms. The Bertz CT molecular complexity index is 431. The van der Waals surface area contributed by atoms with Crippen molar-refractivity contribution in [3.63, 3.8) is 0 Å². The van der Waals surface area contributed by atoms with Crippen LogP contribution in [0.3, 0.4) is 0 Å². The monoisotopic (exact) mass is 336 g/mol. The molecule has 2 fully saturated rings. The number of hydrogen-bond acceptors (Lipinski definition) is 4. The fourth-order valence-electron chi connectivity index (χ4n) is 2.09. The molecule has 2 heterocycles. The third kappa shape index (κ3) is 4.34. The zero-order valence-electron chi connectivity index (χ0n) is 17.2. The molecule has 0 amide bonds. The highest BCUT2D eigenvalue weighted by atomic mass is 16.7. The normalized spacial score (nSPS) is 25.9. The predicted octanol–water partition coefficient (Wildman–Crippen LogP) is 4.39. The largest absolute Gasteiger partial charge is 0.489 e. The van der Waals surface area contributed by atoms with Crippen LogP contribution in [0.2, 0.25) is 0 Å². The molecule has 2 rings (SSSR count). The van der Waals surface area contributed by atoms with Gasteiger partial charge in [0.15, 0.2) is 0 Å². The second-order valence-electron chi connectivity index (χ2n) is 8.87. The maximum Gasteiger partial charge on any atom is 0.489 e. The summed E-state index contributed by atoms with van der Waals surface area (Å²) in [6.45, 7) is 27.8. The molecule has 0 bridgehead atoms. The van der Waals surface area contributed by atoms with Crippen LogP contribution in [0.25, 0.3) is 0 Å². The molecule has 4 nitrogen and oxygen atoms in total. The van der Waals surface area contributed by atoms with Gasteiger partial charge in [0.25, 0.3) is 0 Å². The minimum Gasteiger partial charge on any atom is -0.400 e. The summed E-state index contributed by atoms with van der Waals surface area (Å²) < 4.78 is 22.8. The van der Waals surface area contributed by atoms with Crippen LogP contribution in [0, 0.1) is 0 Å². The molecule has 0 N–H and O–H groups in total. The fraction of sp³-hybridized carbons (Fsp3) is 0.778. The van der Waals surface area contributed by atoms with Crippen LogP contribution in [0.4, 0.5) is 0 Å². The van der Waals surface area contributed by atoms with E-state index in [1.165, 1.54) is 0 Å². The average molecular weight is 336 g/mol. The van der Waals surface area contributed by atoms with Crippen molar-refractivity contribution in [3.05, 3.63) is 24.1 Å². The molecular weight excluding hydrogens is 302 g/mol. The van der Waals surface area contributed by atoms with Crippen LogP contribution in [0.5, 0.6) is 0 Å². The minimum absolute atomic E-state index is 0.239. The van der Waals surface area contributed by atoms with Crippen molar-refractivity contribution in [1.29, 1.82) is 0 Å². The van der Waals surface area contributed by atoms with E-state index in [0.29, 0.717) is 0 Å². The van der Waals surface area contributed by atoms with E-state index < -0.39 is 0 Å². The molecule has 136 valence electrons. The van der Waals surface area contributed by atoms with E-state index in [1.807, 2.05) is 69.2 Å². The van der Waals surface area contributed by atoms with Crippen molar-refractivity contribution in [2.75, 3.05) is 0 Å². The molecule has 0 unspecified atom stereocenters. The highest BCUT2D eigenvalue weighted by molar-refractivity contribution is 6.54. The van der Waals surface area contributed by atoms with Gasteiger partial charge in [0.1, 0.15) is 0 Å². The summed E-state index contributed by atoms with van der Waals surface area (Å²) in [6.07, 6.45) is 0. The zero-order chi connectivity index (χ0) is 19.1. The Kier molecular flexibility index (Phi) is 5.94. The van der Waals surface area contributed by atoms with E-state index in [1.54, 1.807) is 0 Å². The van der Waals surface area contributed by atoms with E-state index in [0.717, 1.165) is 10.9 Å². The van der Waals surface area contributed by atoms with Crippen molar-refractivity contribution in [2.45, 2.75) is 91.6 Å². The molecular formula is C18H34B2O4. The van der Waals surface area contributed by atoms with Gasteiger partial charge >= 0.3 is 14.2 Å². The standard InChI is InChI=1S/2C9H17BO2/c2*1-7(2)10-11-8(3,4)9(5,6)12-10/h2*1H2,2-6H3. The van der Waals surface area contributed by atoms with Crippen molar-refractivity contribution >= 4 is 14.2 Å². The van der Waals surface area contributed by atoms with Crippen molar-refractivity contribution in [1.82, 2.24) is 0 Å². The fourth-order valence-corrected chi connectivity index (χ4v) is 2.09. The molecule has 2 aliphatic rings. The lowest BCUT2D eigenvalue weighted by atomic mass is 9.81. The van der Waals surface area contributed by atoms with E-state index in [-0.39, 0.29) is 36.6 Å². The SMILES string of the molecule is C=C(C)B1OC(C)(C)C(C)(C)O1.C=C(C)B1OC(C)(C)C(C)(C)O1. The Labute approximate surface area is 149 Å². The lowest BCUT2D eigenvalue weighted by Crippen LogP contribution is -2.41. The van der Waals surface area contributed by atoms with E-state index in [4.69, 9.17) is 18.6 Å². The highest BCUT2D eigenvalue weighted by Gasteiger charge is 2.52. The van der Waals surface area contributed by atoms with Gasteiger partial charge in [-0.15, -0.1) is 13.2 Å². The first-order valence-electron chi connectivity index (χ1n) is 8.54. The van der Waals surface area contributed by atoms with E-state index in [9.17, 15) is 0 Å². The predicted molar refractivity (Wildman–Crippen MR) is 102 cm³/mol. The van der Waals surface area contributed by atoms with E-state index >= 15 is 0 Å². The molecule has 0 aliphatic carbocycles. The summed E-state index contributed by atoms with van der Waals surface area (Å²) in [4.78, 5) is 0. The van der Waals surface area contributed by atoms with Gasteiger partial charge in [0.2, 0.25) is 0 Å². The van der Waals surface area contributed by atoms with Gasteiger partial charge in [-0.25, -0.2) is 0 Å². The molecule has 2 aliphatic heterocycles. The average Bonchev–Trinajstić information content (AvgIpc) is 2.70. The molecule has 6 heteroatoms. The quantitative estimate of drug-likeness (QED) is 0.701. The number of allylic oxidation sites excluding steroid dienone is 2. The number of rotatable bonds is 2. The Hall–Kier alpha value is -0.550. The zero-order valence-corrected chi connectivity index (χ0v) is 17.2. The minimum atomic E-state index is -0.241. The lowest BCUT2D eigenvalue weighted by molar-refractivity contribution is 0.00578. The molecule has 0 aromatic rings. The Morgan fingerprint density at radius 2 is 0.708 bits per heavy atom. The molecule has 2 saturated heterocycles. The Morgan fingerprint density at radius 3 is 0.792 bits per heavy atom. The topological polar surface area (TPSA) is 36.9 Å². The van der Waals surface area contributed by atoms with Gasteiger partial charge in [0, 0.05) is 0 Å².